The molecule has 2 aromatic rings. The molecule has 3 rings (SSSR count). The van der Waals surface area contributed by atoms with Crippen molar-refractivity contribution in [1.82, 2.24) is 15.1 Å². The van der Waals surface area contributed by atoms with Crippen LogP contribution in [0.15, 0.2) is 29.8 Å². The van der Waals surface area contributed by atoms with Crippen LogP contribution >= 0.6 is 23.2 Å². The van der Waals surface area contributed by atoms with Gasteiger partial charge in [0.25, 0.3) is 5.91 Å². The average Bonchev–Trinajstić information content (AvgIpc) is 3.36. The van der Waals surface area contributed by atoms with Crippen LogP contribution in [0.5, 0.6) is 0 Å². The van der Waals surface area contributed by atoms with E-state index in [4.69, 9.17) is 23.2 Å². The molecule has 5 nitrogen and oxygen atoms in total. The summed E-state index contributed by atoms with van der Waals surface area (Å²) in [5.74, 6) is -0.370. The minimum Gasteiger partial charge on any atom is -0.349 e. The summed E-state index contributed by atoms with van der Waals surface area (Å²) >= 11 is 12.3. The second kappa shape index (κ2) is 7.30. The quantitative estimate of drug-likeness (QED) is 0.640. The van der Waals surface area contributed by atoms with Gasteiger partial charge in [0.1, 0.15) is 16.8 Å². The molecule has 0 saturated heterocycles. The number of amides is 1. The molecule has 1 aromatic heterocycles. The third-order valence-corrected chi connectivity index (χ3v) is 4.57. The largest absolute Gasteiger partial charge is 0.349 e. The van der Waals surface area contributed by atoms with Crippen LogP contribution in [0.2, 0.25) is 10.2 Å². The predicted molar refractivity (Wildman–Crippen MR) is 97.3 cm³/mol. The van der Waals surface area contributed by atoms with Gasteiger partial charge in [-0.3, -0.25) is 4.79 Å². The number of nitrogens with one attached hydrogen (secondary N) is 1. The van der Waals surface area contributed by atoms with Crippen molar-refractivity contribution in [2.75, 3.05) is 0 Å². The van der Waals surface area contributed by atoms with Gasteiger partial charge < -0.3 is 5.32 Å². The van der Waals surface area contributed by atoms with E-state index < -0.39 is 0 Å². The molecule has 1 saturated carbocycles. The van der Waals surface area contributed by atoms with E-state index in [-0.39, 0.29) is 17.5 Å². The van der Waals surface area contributed by atoms with E-state index in [0.29, 0.717) is 28.0 Å². The Hall–Kier alpha value is -2.29. The van der Waals surface area contributed by atoms with Gasteiger partial charge >= 0.3 is 0 Å². The Kier molecular flexibility index (Phi) is 5.12. The lowest BCUT2D eigenvalue weighted by atomic mass is 10.1. The third-order valence-electron chi connectivity index (χ3n) is 3.92. The van der Waals surface area contributed by atoms with Gasteiger partial charge in [-0.2, -0.15) is 10.4 Å². The lowest BCUT2D eigenvalue weighted by molar-refractivity contribution is -0.117. The van der Waals surface area contributed by atoms with E-state index >= 15 is 0 Å². The first-order valence-corrected chi connectivity index (χ1v) is 8.63. The summed E-state index contributed by atoms with van der Waals surface area (Å²) in [7, 11) is 0. The number of aryl methyl sites for hydroxylation is 1. The van der Waals surface area contributed by atoms with Crippen molar-refractivity contribution < 1.29 is 4.79 Å². The highest BCUT2D eigenvalue weighted by Crippen LogP contribution is 2.25. The minimum atomic E-state index is -0.370. The molecule has 7 heteroatoms. The van der Waals surface area contributed by atoms with Gasteiger partial charge in [-0.25, -0.2) is 4.68 Å². The monoisotopic (exact) mass is 374 g/mol. The summed E-state index contributed by atoms with van der Waals surface area (Å²) in [5, 5.41) is 17.5. The van der Waals surface area contributed by atoms with Crippen LogP contribution in [0.4, 0.5) is 0 Å². The number of hydrogen-bond acceptors (Lipinski definition) is 3. The number of rotatable bonds is 5. The number of carbonyl (C=O) groups excluding carboxylic acids is 1. The van der Waals surface area contributed by atoms with Gasteiger partial charge in [-0.15, -0.1) is 0 Å². The number of benzene rings is 1. The maximum atomic E-state index is 12.1. The number of halogens is 2. The van der Waals surface area contributed by atoms with E-state index in [9.17, 15) is 10.1 Å². The van der Waals surface area contributed by atoms with E-state index in [1.165, 1.54) is 6.08 Å². The molecule has 0 unspecified atom stereocenters. The molecule has 0 spiro atoms. The molecule has 1 heterocycles. The molecule has 1 N–H and O–H groups in total. The zero-order valence-corrected chi connectivity index (χ0v) is 15.1. The molecule has 0 aliphatic heterocycles. The van der Waals surface area contributed by atoms with E-state index in [2.05, 4.69) is 10.4 Å². The summed E-state index contributed by atoms with van der Waals surface area (Å²) in [5.41, 5.74) is 2.27. The Bertz CT molecular complexity index is 874. The molecule has 1 amide bonds. The predicted octanol–water partition coefficient (Wildman–Crippen LogP) is 3.73. The van der Waals surface area contributed by atoms with Crippen LogP contribution in [0.3, 0.4) is 0 Å². The first-order chi connectivity index (χ1) is 12.0. The topological polar surface area (TPSA) is 70.7 Å². The molecule has 1 fully saturated rings. The Labute approximate surface area is 155 Å². The summed E-state index contributed by atoms with van der Waals surface area (Å²) in [6.45, 7) is 2.27. The van der Waals surface area contributed by atoms with Crippen molar-refractivity contribution in [2.45, 2.75) is 32.4 Å². The molecule has 1 aliphatic rings. The zero-order chi connectivity index (χ0) is 18.0. The zero-order valence-electron chi connectivity index (χ0n) is 13.6. The van der Waals surface area contributed by atoms with Crippen molar-refractivity contribution in [3.05, 3.63) is 56.8 Å². The van der Waals surface area contributed by atoms with Crippen LogP contribution in [-0.4, -0.2) is 21.7 Å². The number of nitrogens with zero attached hydrogens (tertiary/aromatic N) is 3. The van der Waals surface area contributed by atoms with Crippen molar-refractivity contribution >= 4 is 35.2 Å². The average molecular weight is 375 g/mol. The van der Waals surface area contributed by atoms with Crippen molar-refractivity contribution in [3.8, 4) is 6.07 Å². The van der Waals surface area contributed by atoms with Crippen LogP contribution in [-0.2, 0) is 11.3 Å². The van der Waals surface area contributed by atoms with Crippen LogP contribution in [0, 0.1) is 18.3 Å². The molecule has 1 aromatic carbocycles. The molecule has 0 bridgehead atoms. The van der Waals surface area contributed by atoms with E-state index in [1.807, 2.05) is 18.2 Å². The van der Waals surface area contributed by atoms with Crippen molar-refractivity contribution in [1.29, 1.82) is 5.26 Å². The highest BCUT2D eigenvalue weighted by Gasteiger charge is 2.25. The Morgan fingerprint density at radius 2 is 2.08 bits per heavy atom. The second-order valence-electron chi connectivity index (χ2n) is 5.99. The minimum absolute atomic E-state index is 0.0305. The maximum absolute atomic E-state index is 12.1. The van der Waals surface area contributed by atoms with Gasteiger partial charge in [0.15, 0.2) is 0 Å². The molecule has 1 aliphatic carbocycles. The van der Waals surface area contributed by atoms with Gasteiger partial charge in [-0.1, -0.05) is 35.3 Å². The second-order valence-corrected chi connectivity index (χ2v) is 6.79. The summed E-state index contributed by atoms with van der Waals surface area (Å²) in [6.07, 6.45) is 3.42. The highest BCUT2D eigenvalue weighted by molar-refractivity contribution is 6.31. The molecule has 0 radical (unpaired) electrons. The fourth-order valence-corrected chi connectivity index (χ4v) is 2.80. The number of carbonyl (C=O) groups is 1. The number of nitriles is 1. The van der Waals surface area contributed by atoms with Gasteiger partial charge in [0.2, 0.25) is 0 Å². The molecule has 0 atom stereocenters. The van der Waals surface area contributed by atoms with Crippen LogP contribution in [0.1, 0.15) is 29.7 Å². The maximum Gasteiger partial charge on any atom is 0.262 e. The van der Waals surface area contributed by atoms with Crippen molar-refractivity contribution in [2.24, 2.45) is 0 Å². The standard InChI is InChI=1S/C18H16Cl2N4O/c1-11-16(8-13(9-21)18(25)22-15-6-7-15)17(20)24(23-11)10-12-2-4-14(19)5-3-12/h2-5,8,15H,6-7,10H2,1H3,(H,22,25)/b13-8+. The lowest BCUT2D eigenvalue weighted by Crippen LogP contribution is -2.26. The molecular formula is C18H16Cl2N4O. The molecule has 25 heavy (non-hydrogen) atoms. The van der Waals surface area contributed by atoms with Gasteiger partial charge in [-0.05, 0) is 43.5 Å². The first-order valence-electron chi connectivity index (χ1n) is 7.88. The Morgan fingerprint density at radius 3 is 2.68 bits per heavy atom. The third kappa shape index (κ3) is 4.22. The van der Waals surface area contributed by atoms with E-state index in [0.717, 1.165) is 18.4 Å². The van der Waals surface area contributed by atoms with E-state index in [1.54, 1.807) is 23.7 Å². The Balaban J connectivity index is 1.85. The fourth-order valence-electron chi connectivity index (χ4n) is 2.38. The van der Waals surface area contributed by atoms with Gasteiger partial charge in [0, 0.05) is 16.6 Å². The number of aromatic nitrogens is 2. The molecular weight excluding hydrogens is 359 g/mol. The smallest absolute Gasteiger partial charge is 0.262 e. The first kappa shape index (κ1) is 17.5. The fraction of sp³-hybridized carbons (Fsp3) is 0.278. The number of hydrogen-bond donors (Lipinski definition) is 1. The summed E-state index contributed by atoms with van der Waals surface area (Å²) in [6, 6.07) is 9.53. The molecule has 128 valence electrons. The van der Waals surface area contributed by atoms with Gasteiger partial charge in [0.05, 0.1) is 12.2 Å². The SMILES string of the molecule is Cc1nn(Cc2ccc(Cl)cc2)c(Cl)c1/C=C(\C#N)C(=O)NC1CC1. The van der Waals surface area contributed by atoms with Crippen LogP contribution in [0.25, 0.3) is 6.08 Å². The van der Waals surface area contributed by atoms with Crippen LogP contribution < -0.4 is 5.32 Å². The summed E-state index contributed by atoms with van der Waals surface area (Å²) < 4.78 is 1.64. The summed E-state index contributed by atoms with van der Waals surface area (Å²) in [4.78, 5) is 12.1. The Morgan fingerprint density at radius 1 is 1.40 bits per heavy atom. The highest BCUT2D eigenvalue weighted by atomic mass is 35.5. The lowest BCUT2D eigenvalue weighted by Gasteiger charge is -2.04. The van der Waals surface area contributed by atoms with Crippen molar-refractivity contribution in [3.63, 3.8) is 0 Å². The normalized spacial score (nSPS) is 14.2.